The molecule has 1 aromatic heterocycles. The van der Waals surface area contributed by atoms with Crippen molar-refractivity contribution in [2.45, 2.75) is 53.5 Å². The number of nitrogens with one attached hydrogen (secondary N) is 1. The van der Waals surface area contributed by atoms with Gasteiger partial charge in [-0.3, -0.25) is 9.48 Å². The number of carbonyl (C=O) groups excluding carboxylic acids is 1. The number of hydrogen-bond acceptors (Lipinski definition) is 3. The van der Waals surface area contributed by atoms with E-state index in [4.69, 9.17) is 4.74 Å². The maximum absolute atomic E-state index is 12.2. The third-order valence-electron chi connectivity index (χ3n) is 4.58. The summed E-state index contributed by atoms with van der Waals surface area (Å²) in [6, 6.07) is 7.91. The van der Waals surface area contributed by atoms with Crippen LogP contribution in [0.15, 0.2) is 24.3 Å². The van der Waals surface area contributed by atoms with E-state index in [1.165, 1.54) is 11.3 Å². The summed E-state index contributed by atoms with van der Waals surface area (Å²) in [6.45, 7) is 10.0. The van der Waals surface area contributed by atoms with Crippen molar-refractivity contribution in [3.05, 3.63) is 46.8 Å². The van der Waals surface area contributed by atoms with Crippen molar-refractivity contribution in [3.63, 3.8) is 0 Å². The highest BCUT2D eigenvalue weighted by atomic mass is 16.5. The fourth-order valence-corrected chi connectivity index (χ4v) is 3.19. The standard InChI is InChI=1S/C21H31N3O2/c1-15(2)14-24-17(4)19(16(3)23-24)10-11-21(25)22-13-12-18-8-6-7-9-20(18)26-5/h6-9,15H,10-14H2,1-5H3,(H,22,25). The lowest BCUT2D eigenvalue weighted by atomic mass is 10.1. The molecule has 0 aliphatic carbocycles. The highest BCUT2D eigenvalue weighted by molar-refractivity contribution is 5.76. The van der Waals surface area contributed by atoms with Gasteiger partial charge < -0.3 is 10.1 Å². The van der Waals surface area contributed by atoms with Crippen LogP contribution < -0.4 is 10.1 Å². The molecule has 0 aliphatic rings. The highest BCUT2D eigenvalue weighted by Gasteiger charge is 2.13. The highest BCUT2D eigenvalue weighted by Crippen LogP contribution is 2.18. The van der Waals surface area contributed by atoms with Crippen LogP contribution in [0, 0.1) is 19.8 Å². The molecule has 142 valence electrons. The third-order valence-corrected chi connectivity index (χ3v) is 4.58. The van der Waals surface area contributed by atoms with Crippen molar-refractivity contribution < 1.29 is 9.53 Å². The molecule has 0 saturated heterocycles. The first-order chi connectivity index (χ1) is 12.4. The molecule has 1 heterocycles. The van der Waals surface area contributed by atoms with Crippen LogP contribution in [0.2, 0.25) is 0 Å². The number of aryl methyl sites for hydroxylation is 1. The zero-order valence-electron chi connectivity index (χ0n) is 16.6. The van der Waals surface area contributed by atoms with Crippen LogP contribution in [0.4, 0.5) is 0 Å². The molecule has 5 nitrogen and oxygen atoms in total. The van der Waals surface area contributed by atoms with Crippen molar-refractivity contribution in [1.82, 2.24) is 15.1 Å². The smallest absolute Gasteiger partial charge is 0.220 e. The molecule has 1 N–H and O–H groups in total. The van der Waals surface area contributed by atoms with Crippen LogP contribution in [-0.4, -0.2) is 29.3 Å². The van der Waals surface area contributed by atoms with Crippen LogP contribution in [0.5, 0.6) is 5.75 Å². The first-order valence-corrected chi connectivity index (χ1v) is 9.33. The van der Waals surface area contributed by atoms with Crippen LogP contribution in [0.25, 0.3) is 0 Å². The van der Waals surface area contributed by atoms with E-state index in [0.717, 1.165) is 36.4 Å². The Labute approximate surface area is 156 Å². The molecule has 1 amide bonds. The van der Waals surface area contributed by atoms with Gasteiger partial charge in [-0.15, -0.1) is 0 Å². The molecule has 0 spiro atoms. The predicted octanol–water partition coefficient (Wildman–Crippen LogP) is 3.46. The van der Waals surface area contributed by atoms with Crippen LogP contribution in [0.3, 0.4) is 0 Å². The number of nitrogens with zero attached hydrogens (tertiary/aromatic N) is 2. The first kappa shape index (κ1) is 20.0. The normalized spacial score (nSPS) is 11.0. The predicted molar refractivity (Wildman–Crippen MR) is 105 cm³/mol. The van der Waals surface area contributed by atoms with Crippen molar-refractivity contribution in [2.75, 3.05) is 13.7 Å². The molecule has 2 aromatic rings. The third kappa shape index (κ3) is 5.35. The molecule has 2 rings (SSSR count). The van der Waals surface area contributed by atoms with Gasteiger partial charge in [0.15, 0.2) is 0 Å². The zero-order valence-corrected chi connectivity index (χ0v) is 16.6. The number of para-hydroxylation sites is 1. The Morgan fingerprint density at radius 3 is 2.65 bits per heavy atom. The van der Waals surface area contributed by atoms with E-state index in [1.54, 1.807) is 7.11 Å². The Kier molecular flexibility index (Phi) is 7.25. The van der Waals surface area contributed by atoms with E-state index >= 15 is 0 Å². The van der Waals surface area contributed by atoms with Gasteiger partial charge in [-0.1, -0.05) is 32.0 Å². The van der Waals surface area contributed by atoms with Gasteiger partial charge in [-0.2, -0.15) is 5.10 Å². The molecule has 0 aliphatic heterocycles. The SMILES string of the molecule is COc1ccccc1CCNC(=O)CCc1c(C)nn(CC(C)C)c1C. The second-order valence-electron chi connectivity index (χ2n) is 7.14. The Morgan fingerprint density at radius 2 is 1.96 bits per heavy atom. The van der Waals surface area contributed by atoms with Gasteiger partial charge in [0, 0.05) is 25.2 Å². The summed E-state index contributed by atoms with van der Waals surface area (Å²) in [4.78, 5) is 12.2. The van der Waals surface area contributed by atoms with Crippen molar-refractivity contribution in [1.29, 1.82) is 0 Å². The minimum Gasteiger partial charge on any atom is -0.496 e. The maximum Gasteiger partial charge on any atom is 0.220 e. The number of ether oxygens (including phenoxy) is 1. The molecule has 26 heavy (non-hydrogen) atoms. The van der Waals surface area contributed by atoms with Gasteiger partial charge in [0.2, 0.25) is 5.91 Å². The first-order valence-electron chi connectivity index (χ1n) is 9.33. The minimum absolute atomic E-state index is 0.0790. The second-order valence-corrected chi connectivity index (χ2v) is 7.14. The molecule has 0 atom stereocenters. The van der Waals surface area contributed by atoms with Crippen LogP contribution in [0.1, 0.15) is 42.8 Å². The molecule has 0 unspecified atom stereocenters. The Balaban J connectivity index is 1.83. The topological polar surface area (TPSA) is 56.1 Å². The van der Waals surface area contributed by atoms with Gasteiger partial charge in [-0.25, -0.2) is 0 Å². The summed E-state index contributed by atoms with van der Waals surface area (Å²) in [7, 11) is 1.67. The Morgan fingerprint density at radius 1 is 1.23 bits per heavy atom. The number of methoxy groups -OCH3 is 1. The van der Waals surface area contributed by atoms with E-state index in [2.05, 4.69) is 35.9 Å². The fourth-order valence-electron chi connectivity index (χ4n) is 3.19. The van der Waals surface area contributed by atoms with E-state index in [-0.39, 0.29) is 5.91 Å². The van der Waals surface area contributed by atoms with Gasteiger partial charge in [0.25, 0.3) is 0 Å². The van der Waals surface area contributed by atoms with Crippen LogP contribution in [-0.2, 0) is 24.2 Å². The molecule has 1 aromatic carbocycles. The second kappa shape index (κ2) is 9.41. The number of benzene rings is 1. The number of rotatable bonds is 9. The number of hydrogen-bond donors (Lipinski definition) is 1. The average Bonchev–Trinajstić information content (AvgIpc) is 2.86. The van der Waals surface area contributed by atoms with Gasteiger partial charge >= 0.3 is 0 Å². The molecule has 5 heteroatoms. The Bertz CT molecular complexity index is 735. The monoisotopic (exact) mass is 357 g/mol. The van der Waals surface area contributed by atoms with Crippen molar-refractivity contribution in [2.24, 2.45) is 5.92 Å². The molecule has 0 saturated carbocycles. The van der Waals surface area contributed by atoms with E-state index in [1.807, 2.05) is 31.2 Å². The lowest BCUT2D eigenvalue weighted by Gasteiger charge is -2.10. The molecule has 0 bridgehead atoms. The van der Waals surface area contributed by atoms with Gasteiger partial charge in [0.1, 0.15) is 5.75 Å². The van der Waals surface area contributed by atoms with Crippen LogP contribution >= 0.6 is 0 Å². The Hall–Kier alpha value is -2.30. The molecular formula is C21H31N3O2. The quantitative estimate of drug-likeness (QED) is 0.748. The fraction of sp³-hybridized carbons (Fsp3) is 0.524. The summed E-state index contributed by atoms with van der Waals surface area (Å²) >= 11 is 0. The van der Waals surface area contributed by atoms with E-state index in [0.29, 0.717) is 18.9 Å². The molecule has 0 radical (unpaired) electrons. The summed E-state index contributed by atoms with van der Waals surface area (Å²) in [5.74, 6) is 1.50. The average molecular weight is 357 g/mol. The summed E-state index contributed by atoms with van der Waals surface area (Å²) < 4.78 is 7.41. The van der Waals surface area contributed by atoms with Gasteiger partial charge in [-0.05, 0) is 49.8 Å². The number of aromatic nitrogens is 2. The summed E-state index contributed by atoms with van der Waals surface area (Å²) in [5, 5.41) is 7.63. The van der Waals surface area contributed by atoms with E-state index in [9.17, 15) is 4.79 Å². The summed E-state index contributed by atoms with van der Waals surface area (Å²) in [6.07, 6.45) is 1.98. The van der Waals surface area contributed by atoms with Gasteiger partial charge in [0.05, 0.1) is 12.8 Å². The maximum atomic E-state index is 12.2. The molecular weight excluding hydrogens is 326 g/mol. The lowest BCUT2D eigenvalue weighted by molar-refractivity contribution is -0.121. The van der Waals surface area contributed by atoms with E-state index < -0.39 is 0 Å². The summed E-state index contributed by atoms with van der Waals surface area (Å²) in [5.41, 5.74) is 4.52. The lowest BCUT2D eigenvalue weighted by Crippen LogP contribution is -2.26. The van der Waals surface area contributed by atoms with Crippen molar-refractivity contribution in [3.8, 4) is 5.75 Å². The zero-order chi connectivity index (χ0) is 19.1. The molecule has 0 fully saturated rings. The number of carbonyl (C=O) groups is 1. The minimum atomic E-state index is 0.0790. The largest absolute Gasteiger partial charge is 0.496 e. The van der Waals surface area contributed by atoms with Crippen molar-refractivity contribution >= 4 is 5.91 Å². The number of amides is 1.